The molecule has 5 aromatic rings. The highest BCUT2D eigenvalue weighted by Crippen LogP contribution is 2.37. The van der Waals surface area contributed by atoms with E-state index in [4.69, 9.17) is 28.8 Å². The Labute approximate surface area is 249 Å². The van der Waals surface area contributed by atoms with Crippen LogP contribution in [0.5, 0.6) is 23.0 Å². The van der Waals surface area contributed by atoms with E-state index < -0.39 is 0 Å². The summed E-state index contributed by atoms with van der Waals surface area (Å²) in [6.07, 6.45) is 0.424. The van der Waals surface area contributed by atoms with E-state index in [9.17, 15) is 0 Å². The number of hydrogen-bond donors (Lipinski definition) is 0. The Morgan fingerprint density at radius 3 is 2.48 bits per heavy atom. The van der Waals surface area contributed by atoms with Gasteiger partial charge in [-0.1, -0.05) is 35.5 Å². The van der Waals surface area contributed by atoms with Gasteiger partial charge in [0.2, 0.25) is 0 Å². The highest BCUT2D eigenvalue weighted by molar-refractivity contribution is 7.21. The predicted molar refractivity (Wildman–Crippen MR) is 166 cm³/mol. The second-order valence-corrected chi connectivity index (χ2v) is 11.1. The highest BCUT2D eigenvalue weighted by atomic mass is 32.1. The molecule has 8 heteroatoms. The van der Waals surface area contributed by atoms with E-state index in [2.05, 4.69) is 31.1 Å². The van der Waals surface area contributed by atoms with Gasteiger partial charge in [0.25, 0.3) is 0 Å². The molecule has 7 nitrogen and oxygen atoms in total. The van der Waals surface area contributed by atoms with Gasteiger partial charge in [-0.3, -0.25) is 0 Å². The van der Waals surface area contributed by atoms with E-state index in [1.807, 2.05) is 66.7 Å². The molecule has 0 saturated carbocycles. The molecule has 0 fully saturated rings. The number of benzene rings is 4. The van der Waals surface area contributed by atoms with Crippen molar-refractivity contribution < 1.29 is 23.8 Å². The summed E-state index contributed by atoms with van der Waals surface area (Å²) in [6, 6.07) is 26.1. The number of rotatable bonds is 10. The molecule has 1 aromatic heterocycles. The summed E-state index contributed by atoms with van der Waals surface area (Å²) >= 11 is 1.67. The molecule has 2 heterocycles. The minimum absolute atomic E-state index is 0.220. The third kappa shape index (κ3) is 5.76. The highest BCUT2D eigenvalue weighted by Gasteiger charge is 2.26. The maximum atomic E-state index is 6.11. The molecule has 4 aromatic carbocycles. The van der Waals surface area contributed by atoms with E-state index >= 15 is 0 Å². The van der Waals surface area contributed by atoms with Crippen LogP contribution >= 0.6 is 11.3 Å². The molecule has 214 valence electrons. The number of nitrogens with zero attached hydrogens (tertiary/aromatic N) is 2. The average molecular weight is 581 g/mol. The maximum Gasteiger partial charge on any atom is 0.161 e. The number of fused-ring (bicyclic) bond motifs is 1. The molecule has 0 amide bonds. The second-order valence-electron chi connectivity index (χ2n) is 10.1. The van der Waals surface area contributed by atoms with Crippen LogP contribution < -0.4 is 18.9 Å². The first-order valence-electron chi connectivity index (χ1n) is 13.8. The molecule has 0 saturated heterocycles. The van der Waals surface area contributed by atoms with Crippen molar-refractivity contribution in [1.82, 2.24) is 4.98 Å². The number of aromatic nitrogens is 1. The lowest BCUT2D eigenvalue weighted by molar-refractivity contribution is 0.0854. The zero-order valence-corrected chi connectivity index (χ0v) is 24.9. The third-order valence-corrected chi connectivity index (χ3v) is 8.47. The monoisotopic (exact) mass is 580 g/mol. The number of oxime groups is 1. The van der Waals surface area contributed by atoms with Crippen LogP contribution in [0.2, 0.25) is 0 Å². The van der Waals surface area contributed by atoms with Crippen molar-refractivity contribution in [1.29, 1.82) is 0 Å². The molecule has 1 aliphatic heterocycles. The van der Waals surface area contributed by atoms with E-state index in [1.54, 1.807) is 25.6 Å². The van der Waals surface area contributed by atoms with Crippen LogP contribution in [0.1, 0.15) is 34.8 Å². The molecule has 1 unspecified atom stereocenters. The van der Waals surface area contributed by atoms with Crippen molar-refractivity contribution in [2.45, 2.75) is 26.4 Å². The molecular weight excluding hydrogens is 548 g/mol. The average Bonchev–Trinajstić information content (AvgIpc) is 3.69. The number of hydrogen-bond acceptors (Lipinski definition) is 8. The molecule has 0 radical (unpaired) electrons. The molecule has 0 aliphatic carbocycles. The first-order chi connectivity index (χ1) is 20.5. The largest absolute Gasteiger partial charge is 0.496 e. The topological polar surface area (TPSA) is 71.4 Å². The van der Waals surface area contributed by atoms with Crippen molar-refractivity contribution in [2.75, 3.05) is 27.4 Å². The summed E-state index contributed by atoms with van der Waals surface area (Å²) in [5, 5.41) is 5.37. The van der Waals surface area contributed by atoms with Gasteiger partial charge in [0.1, 0.15) is 29.7 Å². The maximum absolute atomic E-state index is 6.11. The van der Waals surface area contributed by atoms with Gasteiger partial charge in [-0.25, -0.2) is 4.98 Å². The third-order valence-electron chi connectivity index (χ3n) is 7.39. The van der Waals surface area contributed by atoms with Gasteiger partial charge >= 0.3 is 0 Å². The lowest BCUT2D eigenvalue weighted by Gasteiger charge is -2.15. The van der Waals surface area contributed by atoms with Crippen molar-refractivity contribution in [3.8, 4) is 33.6 Å². The number of thiazole rings is 1. The number of methoxy groups -OCH3 is 2. The number of ether oxygens (including phenoxy) is 4. The minimum atomic E-state index is -0.220. The Hall–Kier alpha value is -4.56. The van der Waals surface area contributed by atoms with Gasteiger partial charge in [-0.05, 0) is 79.1 Å². The lowest BCUT2D eigenvalue weighted by atomic mass is 9.97. The number of aryl methyl sites for hydroxylation is 1. The van der Waals surface area contributed by atoms with E-state index in [1.165, 1.54) is 4.70 Å². The number of para-hydroxylation sites is 1. The molecular formula is C34H32N2O5S. The van der Waals surface area contributed by atoms with Crippen molar-refractivity contribution in [2.24, 2.45) is 5.16 Å². The fourth-order valence-corrected chi connectivity index (χ4v) is 5.93. The second kappa shape index (κ2) is 12.1. The van der Waals surface area contributed by atoms with Gasteiger partial charge < -0.3 is 23.8 Å². The van der Waals surface area contributed by atoms with Crippen LogP contribution in [0.25, 0.3) is 20.8 Å². The SMILES string of the molecule is COc1ccc(C2CC(c3cc(C)c(C)c(OC)c3)=NO2)cc1OCCOc1cccc(-c2nc3ccccc3s2)c1. The van der Waals surface area contributed by atoms with Gasteiger partial charge in [0.05, 0.1) is 30.1 Å². The van der Waals surface area contributed by atoms with Crippen molar-refractivity contribution in [3.63, 3.8) is 0 Å². The normalized spacial score (nSPS) is 14.4. The summed E-state index contributed by atoms with van der Waals surface area (Å²) in [5.41, 5.74) is 7.17. The smallest absolute Gasteiger partial charge is 0.161 e. The quantitative estimate of drug-likeness (QED) is 0.156. The zero-order chi connectivity index (χ0) is 29.1. The molecule has 0 N–H and O–H groups in total. The van der Waals surface area contributed by atoms with E-state index in [0.29, 0.717) is 31.1 Å². The van der Waals surface area contributed by atoms with E-state index in [-0.39, 0.29) is 6.10 Å². The molecule has 0 bridgehead atoms. The van der Waals surface area contributed by atoms with Crippen molar-refractivity contribution in [3.05, 3.63) is 101 Å². The first-order valence-corrected chi connectivity index (χ1v) is 14.6. The molecule has 6 rings (SSSR count). The summed E-state index contributed by atoms with van der Waals surface area (Å²) in [6.45, 7) is 4.85. The van der Waals surface area contributed by atoms with Gasteiger partial charge in [0, 0.05) is 17.5 Å². The Kier molecular flexibility index (Phi) is 7.97. The summed E-state index contributed by atoms with van der Waals surface area (Å²) in [5.74, 6) is 2.89. The van der Waals surface area contributed by atoms with E-state index in [0.717, 1.165) is 55.6 Å². The Balaban J connectivity index is 1.08. The Morgan fingerprint density at radius 1 is 0.810 bits per heavy atom. The van der Waals surface area contributed by atoms with Crippen LogP contribution in [0.3, 0.4) is 0 Å². The summed E-state index contributed by atoms with van der Waals surface area (Å²) in [4.78, 5) is 10.6. The molecule has 1 atom stereocenters. The van der Waals surface area contributed by atoms with Gasteiger partial charge in [-0.2, -0.15) is 0 Å². The van der Waals surface area contributed by atoms with Gasteiger partial charge in [-0.15, -0.1) is 11.3 Å². The fraction of sp³-hybridized carbons (Fsp3) is 0.235. The van der Waals surface area contributed by atoms with Gasteiger partial charge in [0.15, 0.2) is 17.6 Å². The first kappa shape index (κ1) is 27.6. The molecule has 1 aliphatic rings. The molecule has 42 heavy (non-hydrogen) atoms. The van der Waals surface area contributed by atoms with Crippen LogP contribution in [0.4, 0.5) is 0 Å². The van der Waals surface area contributed by atoms with Crippen molar-refractivity contribution >= 4 is 27.3 Å². The fourth-order valence-electron chi connectivity index (χ4n) is 4.96. The Morgan fingerprint density at radius 2 is 1.64 bits per heavy atom. The van der Waals surface area contributed by atoms with Crippen LogP contribution in [0.15, 0.2) is 84.0 Å². The van der Waals surface area contributed by atoms with Crippen LogP contribution in [-0.4, -0.2) is 38.1 Å². The standard InChI is InChI=1S/C34H32N2O5S/c1-21-16-25(19-30(38-4)22(21)2)28-20-31(41-36-28)23-12-13-29(37-3)32(18-23)40-15-14-39-26-9-7-8-24(17-26)34-35-27-10-5-6-11-33(27)42-34/h5-13,16-19,31H,14-15,20H2,1-4H3. The molecule has 0 spiro atoms. The zero-order valence-electron chi connectivity index (χ0n) is 24.0. The predicted octanol–water partition coefficient (Wildman–Crippen LogP) is 7.92. The van der Waals surface area contributed by atoms with Crippen LogP contribution in [0, 0.1) is 13.8 Å². The Bertz CT molecular complexity index is 1730. The summed E-state index contributed by atoms with van der Waals surface area (Å²) in [7, 11) is 3.32. The lowest BCUT2D eigenvalue weighted by Crippen LogP contribution is -2.10. The summed E-state index contributed by atoms with van der Waals surface area (Å²) < 4.78 is 24.4. The minimum Gasteiger partial charge on any atom is -0.496 e. The van der Waals surface area contributed by atoms with Crippen LogP contribution in [-0.2, 0) is 4.84 Å².